The van der Waals surface area contributed by atoms with E-state index in [2.05, 4.69) is 16.9 Å². The Morgan fingerprint density at radius 2 is 2.23 bits per heavy atom. The Kier molecular flexibility index (Phi) is 4.24. The largest absolute Gasteiger partial charge is 0.507 e. The Labute approximate surface area is 153 Å². The number of aryl methyl sites for hydroxylation is 1. The van der Waals surface area contributed by atoms with E-state index in [0.717, 1.165) is 24.8 Å². The predicted octanol–water partition coefficient (Wildman–Crippen LogP) is 3.17. The number of carbonyl (C=O) groups excluding carboxylic acids is 1. The highest BCUT2D eigenvalue weighted by molar-refractivity contribution is 7.18. The molecule has 0 saturated heterocycles. The number of nitrogens with one attached hydrogen (secondary N) is 1. The summed E-state index contributed by atoms with van der Waals surface area (Å²) in [4.78, 5) is 33.7. The lowest BCUT2D eigenvalue weighted by atomic mass is 9.89. The van der Waals surface area contributed by atoms with Crippen LogP contribution in [0.5, 0.6) is 5.75 Å². The SMILES string of the molecule is C[C@@H]1CCc2c(sc3nc(COC(=O)c4ccccc4O)[nH]c(=O)c23)C1. The number of H-pyrrole nitrogens is 1. The molecule has 2 aromatic heterocycles. The monoisotopic (exact) mass is 370 g/mol. The molecule has 7 heteroatoms. The number of hydrogen-bond donors (Lipinski definition) is 2. The summed E-state index contributed by atoms with van der Waals surface area (Å²) in [5.74, 6) is 0.117. The van der Waals surface area contributed by atoms with Crippen LogP contribution in [0.2, 0.25) is 0 Å². The highest BCUT2D eigenvalue weighted by atomic mass is 32.1. The Balaban J connectivity index is 1.59. The van der Waals surface area contributed by atoms with Crippen LogP contribution in [0.3, 0.4) is 0 Å². The van der Waals surface area contributed by atoms with Crippen molar-refractivity contribution in [3.05, 3.63) is 56.4 Å². The number of ether oxygens (including phenoxy) is 1. The number of aromatic amines is 1. The molecule has 3 aromatic rings. The fourth-order valence-corrected chi connectivity index (χ4v) is 4.72. The van der Waals surface area contributed by atoms with Crippen LogP contribution in [0.25, 0.3) is 10.2 Å². The Morgan fingerprint density at radius 1 is 1.42 bits per heavy atom. The number of phenols is 1. The van der Waals surface area contributed by atoms with Crippen molar-refractivity contribution in [1.29, 1.82) is 0 Å². The van der Waals surface area contributed by atoms with Crippen LogP contribution in [0, 0.1) is 5.92 Å². The number of esters is 1. The molecule has 6 nitrogen and oxygen atoms in total. The molecule has 1 aromatic carbocycles. The van der Waals surface area contributed by atoms with Gasteiger partial charge in [-0.2, -0.15) is 0 Å². The molecule has 0 fully saturated rings. The van der Waals surface area contributed by atoms with Crippen LogP contribution in [0.4, 0.5) is 0 Å². The van der Waals surface area contributed by atoms with Gasteiger partial charge < -0.3 is 14.8 Å². The third-order valence-corrected chi connectivity index (χ3v) is 5.83. The quantitative estimate of drug-likeness (QED) is 0.691. The lowest BCUT2D eigenvalue weighted by Gasteiger charge is -2.17. The summed E-state index contributed by atoms with van der Waals surface area (Å²) >= 11 is 1.55. The first-order chi connectivity index (χ1) is 12.5. The molecule has 2 heterocycles. The van der Waals surface area contributed by atoms with E-state index in [1.807, 2.05) is 0 Å². The maximum absolute atomic E-state index is 12.5. The number of para-hydroxylation sites is 1. The van der Waals surface area contributed by atoms with Crippen molar-refractivity contribution in [3.63, 3.8) is 0 Å². The maximum Gasteiger partial charge on any atom is 0.342 e. The molecule has 134 valence electrons. The molecule has 0 bridgehead atoms. The second-order valence-corrected chi connectivity index (χ2v) is 7.72. The van der Waals surface area contributed by atoms with Gasteiger partial charge in [-0.25, -0.2) is 9.78 Å². The number of phenolic OH excluding ortho intramolecular Hbond substituents is 1. The minimum Gasteiger partial charge on any atom is -0.507 e. The molecule has 1 aliphatic carbocycles. The number of rotatable bonds is 3. The summed E-state index contributed by atoms with van der Waals surface area (Å²) in [5, 5.41) is 10.4. The van der Waals surface area contributed by atoms with Crippen molar-refractivity contribution in [3.8, 4) is 5.75 Å². The average molecular weight is 370 g/mol. The van der Waals surface area contributed by atoms with Crippen molar-refractivity contribution in [2.24, 2.45) is 5.92 Å². The molecule has 26 heavy (non-hydrogen) atoms. The molecular weight excluding hydrogens is 352 g/mol. The van der Waals surface area contributed by atoms with Crippen LogP contribution >= 0.6 is 11.3 Å². The van der Waals surface area contributed by atoms with Gasteiger partial charge in [-0.15, -0.1) is 11.3 Å². The molecule has 0 saturated carbocycles. The molecule has 0 unspecified atom stereocenters. The zero-order valence-corrected chi connectivity index (χ0v) is 15.1. The minimum absolute atomic E-state index is 0.0801. The van der Waals surface area contributed by atoms with E-state index >= 15 is 0 Å². The van der Waals surface area contributed by atoms with Crippen LogP contribution in [-0.2, 0) is 24.2 Å². The number of benzene rings is 1. The van der Waals surface area contributed by atoms with Crippen molar-refractivity contribution in [2.75, 3.05) is 0 Å². The number of nitrogens with zero attached hydrogens (tertiary/aromatic N) is 1. The third kappa shape index (κ3) is 2.99. The normalized spacial score (nSPS) is 16.4. The van der Waals surface area contributed by atoms with Gasteiger partial charge in [-0.05, 0) is 42.9 Å². The standard InChI is InChI=1S/C19H18N2O4S/c1-10-6-7-12-14(8-10)26-18-16(12)17(23)20-15(21-18)9-25-19(24)11-4-2-3-5-13(11)22/h2-5,10,22H,6-9H2,1H3,(H,20,21,23)/t10-/m1/s1. The summed E-state index contributed by atoms with van der Waals surface area (Å²) in [6.07, 6.45) is 2.97. The first-order valence-electron chi connectivity index (χ1n) is 8.51. The molecule has 2 N–H and O–H groups in total. The van der Waals surface area contributed by atoms with Gasteiger partial charge >= 0.3 is 5.97 Å². The van der Waals surface area contributed by atoms with Crippen molar-refractivity contribution < 1.29 is 14.6 Å². The molecule has 0 aliphatic heterocycles. The Hall–Kier alpha value is -2.67. The minimum atomic E-state index is -0.662. The molecule has 4 rings (SSSR count). The van der Waals surface area contributed by atoms with Crippen molar-refractivity contribution in [2.45, 2.75) is 32.8 Å². The first-order valence-corrected chi connectivity index (χ1v) is 9.33. The zero-order valence-electron chi connectivity index (χ0n) is 14.2. The summed E-state index contributed by atoms with van der Waals surface area (Å²) < 4.78 is 5.19. The van der Waals surface area contributed by atoms with E-state index in [9.17, 15) is 14.7 Å². The van der Waals surface area contributed by atoms with E-state index in [0.29, 0.717) is 22.0 Å². The number of aromatic nitrogens is 2. The van der Waals surface area contributed by atoms with E-state index < -0.39 is 5.97 Å². The van der Waals surface area contributed by atoms with Crippen LogP contribution in [-0.4, -0.2) is 21.0 Å². The highest BCUT2D eigenvalue weighted by Gasteiger charge is 2.23. The third-order valence-electron chi connectivity index (χ3n) is 4.68. The molecule has 1 atom stereocenters. The molecule has 0 spiro atoms. The van der Waals surface area contributed by atoms with E-state index in [1.54, 1.807) is 23.5 Å². The average Bonchev–Trinajstić information content (AvgIpc) is 2.97. The second kappa shape index (κ2) is 6.57. The van der Waals surface area contributed by atoms with Gasteiger partial charge in [-0.1, -0.05) is 19.1 Å². The van der Waals surface area contributed by atoms with Crippen LogP contribution < -0.4 is 5.56 Å². The van der Waals surface area contributed by atoms with E-state index in [-0.39, 0.29) is 23.5 Å². The van der Waals surface area contributed by atoms with Crippen molar-refractivity contribution in [1.82, 2.24) is 9.97 Å². The Morgan fingerprint density at radius 3 is 3.04 bits per heavy atom. The van der Waals surface area contributed by atoms with Gasteiger partial charge in [0.1, 0.15) is 28.6 Å². The second-order valence-electron chi connectivity index (χ2n) is 6.64. The van der Waals surface area contributed by atoms with Crippen LogP contribution in [0.15, 0.2) is 29.1 Å². The number of aromatic hydroxyl groups is 1. The topological polar surface area (TPSA) is 92.3 Å². The lowest BCUT2D eigenvalue weighted by molar-refractivity contribution is 0.0459. The van der Waals surface area contributed by atoms with Gasteiger partial charge in [-0.3, -0.25) is 4.79 Å². The summed E-state index contributed by atoms with van der Waals surface area (Å²) in [5.41, 5.74) is 1.02. The van der Waals surface area contributed by atoms with Crippen molar-refractivity contribution >= 4 is 27.5 Å². The molecule has 0 radical (unpaired) electrons. The number of thiophene rings is 1. The molecule has 0 amide bonds. The number of carbonyl (C=O) groups is 1. The van der Waals surface area contributed by atoms with E-state index in [1.165, 1.54) is 17.0 Å². The number of fused-ring (bicyclic) bond motifs is 3. The van der Waals surface area contributed by atoms with Gasteiger partial charge in [0.2, 0.25) is 0 Å². The molecular formula is C19H18N2O4S. The summed E-state index contributed by atoms with van der Waals surface area (Å²) in [6, 6.07) is 6.16. The Bertz CT molecular complexity index is 1050. The fraction of sp³-hybridized carbons (Fsp3) is 0.316. The van der Waals surface area contributed by atoms with Crippen LogP contribution in [0.1, 0.15) is 40.0 Å². The van der Waals surface area contributed by atoms with E-state index in [4.69, 9.17) is 4.74 Å². The first kappa shape index (κ1) is 16.8. The van der Waals surface area contributed by atoms with Gasteiger partial charge in [0.15, 0.2) is 0 Å². The number of hydrogen-bond acceptors (Lipinski definition) is 6. The van der Waals surface area contributed by atoms with Gasteiger partial charge in [0.25, 0.3) is 5.56 Å². The lowest BCUT2D eigenvalue weighted by Crippen LogP contribution is -2.16. The highest BCUT2D eigenvalue weighted by Crippen LogP contribution is 2.35. The van der Waals surface area contributed by atoms with Gasteiger partial charge in [0, 0.05) is 4.88 Å². The zero-order chi connectivity index (χ0) is 18.3. The predicted molar refractivity (Wildman–Crippen MR) is 98.7 cm³/mol. The fourth-order valence-electron chi connectivity index (χ4n) is 3.32. The van der Waals surface area contributed by atoms with Gasteiger partial charge in [0.05, 0.1) is 5.39 Å². The molecule has 1 aliphatic rings. The maximum atomic E-state index is 12.5. The smallest absolute Gasteiger partial charge is 0.342 e. The summed E-state index contributed by atoms with van der Waals surface area (Å²) in [7, 11) is 0. The summed E-state index contributed by atoms with van der Waals surface area (Å²) in [6.45, 7) is 2.06.